The molecular weight excluding hydrogens is 186 g/mol. The van der Waals surface area contributed by atoms with Crippen molar-refractivity contribution in [3.8, 4) is 0 Å². The van der Waals surface area contributed by atoms with Crippen LogP contribution in [0.15, 0.2) is 17.6 Å². The second-order valence-corrected chi connectivity index (χ2v) is 5.02. The monoisotopic (exact) mass is 207 g/mol. The quantitative estimate of drug-likeness (QED) is 0.418. The van der Waals surface area contributed by atoms with Gasteiger partial charge in [0.15, 0.2) is 5.96 Å². The molecule has 2 aliphatic rings. The van der Waals surface area contributed by atoms with Gasteiger partial charge >= 0.3 is 0 Å². The second-order valence-electron chi connectivity index (χ2n) is 5.02. The van der Waals surface area contributed by atoms with E-state index < -0.39 is 0 Å². The predicted molar refractivity (Wildman–Crippen MR) is 63.7 cm³/mol. The normalized spacial score (nSPS) is 34.4. The Morgan fingerprint density at radius 3 is 2.80 bits per heavy atom. The third-order valence-electron chi connectivity index (χ3n) is 3.90. The van der Waals surface area contributed by atoms with Gasteiger partial charge in [0.05, 0.1) is 0 Å². The molecule has 0 spiro atoms. The van der Waals surface area contributed by atoms with E-state index in [1.807, 2.05) is 0 Å². The summed E-state index contributed by atoms with van der Waals surface area (Å²) >= 11 is 0. The maximum atomic E-state index is 5.76. The molecule has 0 saturated heterocycles. The number of nitrogens with one attached hydrogen (secondary N) is 1. The van der Waals surface area contributed by atoms with Gasteiger partial charge in [0.1, 0.15) is 0 Å². The van der Waals surface area contributed by atoms with Crippen molar-refractivity contribution in [2.24, 2.45) is 22.1 Å². The maximum Gasteiger partial charge on any atom is 0.188 e. The van der Waals surface area contributed by atoms with E-state index in [4.69, 9.17) is 5.73 Å². The van der Waals surface area contributed by atoms with Crippen LogP contribution in [0.3, 0.4) is 0 Å². The highest BCUT2D eigenvalue weighted by molar-refractivity contribution is 5.77. The smallest absolute Gasteiger partial charge is 0.188 e. The number of nitrogens with two attached hydrogens (primary N) is 1. The van der Waals surface area contributed by atoms with Gasteiger partial charge in [-0.15, -0.1) is 6.58 Å². The molecule has 3 heteroatoms. The summed E-state index contributed by atoms with van der Waals surface area (Å²) in [6.07, 6.45) is 8.71. The predicted octanol–water partition coefficient (Wildman–Crippen LogP) is 1.66. The highest BCUT2D eigenvalue weighted by Gasteiger charge is 2.44. The summed E-state index contributed by atoms with van der Waals surface area (Å²) in [5.74, 6) is 1.56. The van der Waals surface area contributed by atoms with Crippen LogP contribution in [-0.2, 0) is 0 Å². The third-order valence-corrected chi connectivity index (χ3v) is 3.90. The number of nitrogens with zero attached hydrogens (tertiary/aromatic N) is 1. The maximum absolute atomic E-state index is 5.76. The zero-order valence-corrected chi connectivity index (χ0v) is 9.34. The fraction of sp³-hybridized carbons (Fsp3) is 0.750. The van der Waals surface area contributed by atoms with Gasteiger partial charge in [0.25, 0.3) is 0 Å². The van der Waals surface area contributed by atoms with Crippen LogP contribution in [0.25, 0.3) is 0 Å². The summed E-state index contributed by atoms with van der Waals surface area (Å²) in [5, 5.41) is 3.02. The first-order valence-corrected chi connectivity index (χ1v) is 5.89. The van der Waals surface area contributed by atoms with Crippen LogP contribution in [0, 0.1) is 11.3 Å². The third kappa shape index (κ3) is 2.33. The SMILES string of the molecule is C=CCNC(N)=NCC12CCC(CC1)C2. The summed E-state index contributed by atoms with van der Waals surface area (Å²) in [6.45, 7) is 5.25. The number of rotatable bonds is 4. The van der Waals surface area contributed by atoms with Crippen molar-refractivity contribution in [1.29, 1.82) is 0 Å². The fourth-order valence-corrected chi connectivity index (χ4v) is 3.02. The highest BCUT2D eigenvalue weighted by Crippen LogP contribution is 2.54. The van der Waals surface area contributed by atoms with Crippen molar-refractivity contribution in [3.63, 3.8) is 0 Å². The Morgan fingerprint density at radius 2 is 2.27 bits per heavy atom. The molecule has 0 radical (unpaired) electrons. The number of hydrogen-bond acceptors (Lipinski definition) is 1. The van der Waals surface area contributed by atoms with Gasteiger partial charge in [-0.05, 0) is 43.4 Å². The Labute approximate surface area is 91.8 Å². The largest absolute Gasteiger partial charge is 0.370 e. The Bertz CT molecular complexity index is 262. The molecule has 2 fully saturated rings. The molecule has 15 heavy (non-hydrogen) atoms. The Morgan fingerprint density at radius 1 is 1.53 bits per heavy atom. The molecular formula is C12H21N3. The molecule has 2 rings (SSSR count). The van der Waals surface area contributed by atoms with Crippen molar-refractivity contribution < 1.29 is 0 Å². The fourth-order valence-electron chi connectivity index (χ4n) is 3.02. The van der Waals surface area contributed by atoms with E-state index >= 15 is 0 Å². The molecule has 2 aliphatic carbocycles. The van der Waals surface area contributed by atoms with Crippen molar-refractivity contribution in [2.45, 2.75) is 32.1 Å². The Hall–Kier alpha value is -0.990. The standard InChI is InChI=1S/C12H21N3/c1-2-7-14-11(13)15-9-12-5-3-10(8-12)4-6-12/h2,10H,1,3-9H2,(H3,13,14,15). The van der Waals surface area contributed by atoms with E-state index in [-0.39, 0.29) is 0 Å². The molecule has 0 aromatic carbocycles. The lowest BCUT2D eigenvalue weighted by Crippen LogP contribution is -2.33. The average molecular weight is 207 g/mol. The first kappa shape index (κ1) is 10.5. The molecule has 0 aromatic heterocycles. The van der Waals surface area contributed by atoms with Crippen molar-refractivity contribution in [3.05, 3.63) is 12.7 Å². The molecule has 0 heterocycles. The topological polar surface area (TPSA) is 50.4 Å². The molecule has 3 nitrogen and oxygen atoms in total. The van der Waals surface area contributed by atoms with E-state index in [1.165, 1.54) is 32.1 Å². The molecule has 3 N–H and O–H groups in total. The summed E-state index contributed by atoms with van der Waals surface area (Å²) in [5.41, 5.74) is 6.26. The molecule has 0 aromatic rings. The highest BCUT2D eigenvalue weighted by atomic mass is 15.1. The molecule has 0 atom stereocenters. The Balaban J connectivity index is 1.83. The van der Waals surface area contributed by atoms with E-state index in [1.54, 1.807) is 6.08 Å². The molecule has 84 valence electrons. The van der Waals surface area contributed by atoms with Gasteiger partial charge in [0, 0.05) is 13.1 Å². The van der Waals surface area contributed by atoms with Crippen LogP contribution in [0.2, 0.25) is 0 Å². The number of aliphatic imine (C=N–C) groups is 1. The van der Waals surface area contributed by atoms with Crippen LogP contribution in [-0.4, -0.2) is 19.0 Å². The number of guanidine groups is 1. The zero-order valence-electron chi connectivity index (χ0n) is 9.34. The number of hydrogen-bond donors (Lipinski definition) is 2. The molecule has 2 saturated carbocycles. The average Bonchev–Trinajstić information content (AvgIpc) is 2.84. The first-order valence-electron chi connectivity index (χ1n) is 5.89. The lowest BCUT2D eigenvalue weighted by molar-refractivity contribution is 0.307. The van der Waals surface area contributed by atoms with Crippen LogP contribution in [0.4, 0.5) is 0 Å². The minimum Gasteiger partial charge on any atom is -0.370 e. The Kier molecular flexibility index (Phi) is 2.98. The summed E-state index contributed by atoms with van der Waals surface area (Å²) in [6, 6.07) is 0. The minimum atomic E-state index is 0.505. The van der Waals surface area contributed by atoms with E-state index in [0.717, 1.165) is 12.5 Å². The number of fused-ring (bicyclic) bond motifs is 2. The molecule has 0 amide bonds. The van der Waals surface area contributed by atoms with Crippen molar-refractivity contribution in [2.75, 3.05) is 13.1 Å². The zero-order chi connectivity index (χ0) is 10.7. The second kappa shape index (κ2) is 4.25. The van der Waals surface area contributed by atoms with Gasteiger partial charge in [-0.1, -0.05) is 6.08 Å². The summed E-state index contributed by atoms with van der Waals surface area (Å²) in [7, 11) is 0. The lowest BCUT2D eigenvalue weighted by atomic mass is 9.84. The van der Waals surface area contributed by atoms with Crippen molar-refractivity contribution >= 4 is 5.96 Å². The van der Waals surface area contributed by atoms with Gasteiger partial charge in [0.2, 0.25) is 0 Å². The summed E-state index contributed by atoms with van der Waals surface area (Å²) < 4.78 is 0. The molecule has 0 aliphatic heterocycles. The van der Waals surface area contributed by atoms with Crippen LogP contribution in [0.5, 0.6) is 0 Å². The summed E-state index contributed by atoms with van der Waals surface area (Å²) in [4.78, 5) is 4.45. The molecule has 2 bridgehead atoms. The van der Waals surface area contributed by atoms with Gasteiger partial charge < -0.3 is 11.1 Å². The van der Waals surface area contributed by atoms with Crippen LogP contribution < -0.4 is 11.1 Å². The van der Waals surface area contributed by atoms with Gasteiger partial charge in [-0.3, -0.25) is 4.99 Å². The van der Waals surface area contributed by atoms with Gasteiger partial charge in [-0.2, -0.15) is 0 Å². The molecule has 0 unspecified atom stereocenters. The minimum absolute atomic E-state index is 0.505. The van der Waals surface area contributed by atoms with E-state index in [9.17, 15) is 0 Å². The lowest BCUT2D eigenvalue weighted by Gasteiger charge is -2.24. The first-order chi connectivity index (χ1) is 7.24. The van der Waals surface area contributed by atoms with Crippen molar-refractivity contribution in [1.82, 2.24) is 5.32 Å². The van der Waals surface area contributed by atoms with Crippen LogP contribution in [0.1, 0.15) is 32.1 Å². The van der Waals surface area contributed by atoms with E-state index in [0.29, 0.717) is 17.9 Å². The van der Waals surface area contributed by atoms with E-state index in [2.05, 4.69) is 16.9 Å². The van der Waals surface area contributed by atoms with Crippen LogP contribution >= 0.6 is 0 Å². The van der Waals surface area contributed by atoms with Gasteiger partial charge in [-0.25, -0.2) is 0 Å².